The number of nitrogens with zero attached hydrogens (tertiary/aromatic N) is 1. The molecular weight excluding hydrogens is 128 g/mol. The zero-order valence-electron chi connectivity index (χ0n) is 6.51. The standard InChI is InChI=1S/C7H12N2O/c1-4(2)7-6(8)5(3)10-9-7/h4H,8H2,1-3H3. The Hall–Kier alpha value is -0.990. The molecule has 0 atom stereocenters. The summed E-state index contributed by atoms with van der Waals surface area (Å²) in [5.41, 5.74) is 7.20. The Balaban J connectivity index is 3.05. The van der Waals surface area contributed by atoms with Crippen molar-refractivity contribution in [2.75, 3.05) is 5.73 Å². The summed E-state index contributed by atoms with van der Waals surface area (Å²) < 4.78 is 4.88. The maximum Gasteiger partial charge on any atom is 0.156 e. The van der Waals surface area contributed by atoms with Crippen LogP contribution < -0.4 is 5.73 Å². The highest BCUT2D eigenvalue weighted by molar-refractivity contribution is 5.46. The van der Waals surface area contributed by atoms with Crippen molar-refractivity contribution in [2.45, 2.75) is 26.7 Å². The lowest BCUT2D eigenvalue weighted by atomic mass is 10.1. The maximum absolute atomic E-state index is 5.65. The molecule has 0 spiro atoms. The quantitative estimate of drug-likeness (QED) is 0.645. The van der Waals surface area contributed by atoms with E-state index in [1.165, 1.54) is 0 Å². The first-order chi connectivity index (χ1) is 4.63. The smallest absolute Gasteiger partial charge is 0.156 e. The average Bonchev–Trinajstić information content (AvgIpc) is 2.14. The van der Waals surface area contributed by atoms with Gasteiger partial charge in [-0.2, -0.15) is 0 Å². The number of hydrogen-bond acceptors (Lipinski definition) is 3. The van der Waals surface area contributed by atoms with Gasteiger partial charge >= 0.3 is 0 Å². The van der Waals surface area contributed by atoms with Gasteiger partial charge in [0.25, 0.3) is 0 Å². The van der Waals surface area contributed by atoms with Crippen LogP contribution in [0.2, 0.25) is 0 Å². The SMILES string of the molecule is Cc1onc(C(C)C)c1N. The van der Waals surface area contributed by atoms with E-state index in [4.69, 9.17) is 10.3 Å². The molecule has 0 radical (unpaired) electrons. The van der Waals surface area contributed by atoms with Crippen LogP contribution >= 0.6 is 0 Å². The van der Waals surface area contributed by atoms with E-state index in [9.17, 15) is 0 Å². The third kappa shape index (κ3) is 0.988. The average molecular weight is 140 g/mol. The molecule has 0 aliphatic carbocycles. The lowest BCUT2D eigenvalue weighted by Gasteiger charge is -1.97. The Morgan fingerprint density at radius 1 is 1.50 bits per heavy atom. The van der Waals surface area contributed by atoms with Gasteiger partial charge in [0.1, 0.15) is 5.69 Å². The van der Waals surface area contributed by atoms with Crippen LogP contribution in [0, 0.1) is 6.92 Å². The van der Waals surface area contributed by atoms with Crippen LogP contribution in [0.5, 0.6) is 0 Å². The summed E-state index contributed by atoms with van der Waals surface area (Å²) in [6.07, 6.45) is 0. The normalized spacial score (nSPS) is 10.8. The summed E-state index contributed by atoms with van der Waals surface area (Å²) in [7, 11) is 0. The third-order valence-electron chi connectivity index (χ3n) is 1.48. The molecule has 3 nitrogen and oxygen atoms in total. The minimum Gasteiger partial charge on any atom is -0.394 e. The summed E-state index contributed by atoms with van der Waals surface area (Å²) in [5, 5.41) is 3.81. The van der Waals surface area contributed by atoms with Crippen LogP contribution in [0.25, 0.3) is 0 Å². The van der Waals surface area contributed by atoms with Crippen LogP contribution in [-0.4, -0.2) is 5.16 Å². The van der Waals surface area contributed by atoms with Crippen molar-refractivity contribution in [1.29, 1.82) is 0 Å². The second-order valence-electron chi connectivity index (χ2n) is 2.69. The van der Waals surface area contributed by atoms with Gasteiger partial charge < -0.3 is 10.3 Å². The van der Waals surface area contributed by atoms with E-state index in [-0.39, 0.29) is 0 Å². The lowest BCUT2D eigenvalue weighted by molar-refractivity contribution is 0.388. The minimum absolute atomic E-state index is 0.345. The lowest BCUT2D eigenvalue weighted by Crippen LogP contribution is -1.94. The summed E-state index contributed by atoms with van der Waals surface area (Å²) in [5.74, 6) is 1.06. The van der Waals surface area contributed by atoms with Crippen LogP contribution in [-0.2, 0) is 0 Å². The van der Waals surface area contributed by atoms with E-state index in [2.05, 4.69) is 5.16 Å². The molecule has 0 amide bonds. The van der Waals surface area contributed by atoms with Crippen LogP contribution in [0.3, 0.4) is 0 Å². The number of hydrogen-bond donors (Lipinski definition) is 1. The molecule has 0 saturated carbocycles. The summed E-state index contributed by atoms with van der Waals surface area (Å²) in [4.78, 5) is 0. The fraction of sp³-hybridized carbons (Fsp3) is 0.571. The molecule has 1 aromatic rings. The highest BCUT2D eigenvalue weighted by Gasteiger charge is 2.11. The molecule has 10 heavy (non-hydrogen) atoms. The van der Waals surface area contributed by atoms with Crippen molar-refractivity contribution in [3.8, 4) is 0 Å². The van der Waals surface area contributed by atoms with E-state index < -0.39 is 0 Å². The number of anilines is 1. The predicted octanol–water partition coefficient (Wildman–Crippen LogP) is 1.69. The van der Waals surface area contributed by atoms with Gasteiger partial charge in [-0.05, 0) is 6.92 Å². The largest absolute Gasteiger partial charge is 0.394 e. The molecule has 1 heterocycles. The number of rotatable bonds is 1. The number of nitrogens with two attached hydrogens (primary N) is 1. The van der Waals surface area contributed by atoms with Gasteiger partial charge in [0.2, 0.25) is 0 Å². The molecule has 2 N–H and O–H groups in total. The van der Waals surface area contributed by atoms with Crippen LogP contribution in [0.4, 0.5) is 5.69 Å². The first-order valence-electron chi connectivity index (χ1n) is 3.34. The maximum atomic E-state index is 5.65. The molecule has 0 aromatic carbocycles. The fourth-order valence-electron chi connectivity index (χ4n) is 0.813. The Bertz CT molecular complexity index is 228. The highest BCUT2D eigenvalue weighted by atomic mass is 16.5. The molecule has 0 unspecified atom stereocenters. The molecule has 0 aliphatic heterocycles. The van der Waals surface area contributed by atoms with Gasteiger partial charge in [-0.15, -0.1) is 0 Å². The van der Waals surface area contributed by atoms with E-state index in [0.29, 0.717) is 17.4 Å². The molecule has 0 bridgehead atoms. The van der Waals surface area contributed by atoms with Gasteiger partial charge in [-0.3, -0.25) is 0 Å². The molecule has 0 saturated heterocycles. The topological polar surface area (TPSA) is 52.0 Å². The van der Waals surface area contributed by atoms with Gasteiger partial charge in [-0.1, -0.05) is 19.0 Å². The second kappa shape index (κ2) is 2.33. The van der Waals surface area contributed by atoms with Crippen molar-refractivity contribution in [1.82, 2.24) is 5.16 Å². The number of aromatic nitrogens is 1. The van der Waals surface area contributed by atoms with E-state index in [0.717, 1.165) is 5.69 Å². The Kier molecular flexibility index (Phi) is 1.66. The van der Waals surface area contributed by atoms with E-state index in [1.54, 1.807) is 0 Å². The second-order valence-corrected chi connectivity index (χ2v) is 2.69. The fourth-order valence-corrected chi connectivity index (χ4v) is 0.813. The molecule has 1 aromatic heterocycles. The van der Waals surface area contributed by atoms with Gasteiger partial charge in [0, 0.05) is 5.92 Å². The van der Waals surface area contributed by atoms with Gasteiger partial charge in [0.05, 0.1) is 5.69 Å². The summed E-state index contributed by atoms with van der Waals surface area (Å²) in [6.45, 7) is 5.88. The molecule has 3 heteroatoms. The summed E-state index contributed by atoms with van der Waals surface area (Å²) in [6, 6.07) is 0. The van der Waals surface area contributed by atoms with E-state index in [1.807, 2.05) is 20.8 Å². The number of nitrogen functional groups attached to an aromatic ring is 1. The zero-order valence-corrected chi connectivity index (χ0v) is 6.51. The monoisotopic (exact) mass is 140 g/mol. The molecule has 0 aliphatic rings. The van der Waals surface area contributed by atoms with Gasteiger partial charge in [0.15, 0.2) is 5.76 Å². The molecular formula is C7H12N2O. The Labute approximate surface area is 60.2 Å². The summed E-state index contributed by atoms with van der Waals surface area (Å²) >= 11 is 0. The van der Waals surface area contributed by atoms with E-state index >= 15 is 0 Å². The van der Waals surface area contributed by atoms with Gasteiger partial charge in [-0.25, -0.2) is 0 Å². The van der Waals surface area contributed by atoms with Crippen molar-refractivity contribution in [2.24, 2.45) is 0 Å². The highest BCUT2D eigenvalue weighted by Crippen LogP contribution is 2.22. The van der Waals surface area contributed by atoms with Crippen molar-refractivity contribution < 1.29 is 4.52 Å². The molecule has 0 fully saturated rings. The zero-order chi connectivity index (χ0) is 7.72. The third-order valence-corrected chi connectivity index (χ3v) is 1.48. The molecule has 56 valence electrons. The van der Waals surface area contributed by atoms with Crippen LogP contribution in [0.15, 0.2) is 4.52 Å². The van der Waals surface area contributed by atoms with Crippen molar-refractivity contribution >= 4 is 5.69 Å². The Morgan fingerprint density at radius 2 is 2.10 bits per heavy atom. The van der Waals surface area contributed by atoms with Crippen LogP contribution in [0.1, 0.15) is 31.2 Å². The first-order valence-corrected chi connectivity index (χ1v) is 3.34. The number of aryl methyl sites for hydroxylation is 1. The van der Waals surface area contributed by atoms with Crippen molar-refractivity contribution in [3.63, 3.8) is 0 Å². The minimum atomic E-state index is 0.345. The Morgan fingerprint density at radius 3 is 2.30 bits per heavy atom. The predicted molar refractivity (Wildman–Crippen MR) is 39.7 cm³/mol. The van der Waals surface area contributed by atoms with Crippen molar-refractivity contribution in [3.05, 3.63) is 11.5 Å². The first kappa shape index (κ1) is 7.12. The molecule has 1 rings (SSSR count).